The van der Waals surface area contributed by atoms with Gasteiger partial charge in [0.25, 0.3) is 0 Å². The van der Waals surface area contributed by atoms with Gasteiger partial charge < -0.3 is 15.3 Å². The molecular weight excluding hydrogens is 996 g/mol. The van der Waals surface area contributed by atoms with Crippen LogP contribution in [0, 0.1) is 57.5 Å². The van der Waals surface area contributed by atoms with Crippen molar-refractivity contribution in [1.29, 1.82) is 0 Å². The largest absolute Gasteiger partial charge is 0.512 e. The molecule has 0 saturated carbocycles. The van der Waals surface area contributed by atoms with Gasteiger partial charge in [0.1, 0.15) is 17.3 Å². The van der Waals surface area contributed by atoms with Gasteiger partial charge in [-0.3, -0.25) is 14.4 Å². The maximum atomic E-state index is 12.9. The summed E-state index contributed by atoms with van der Waals surface area (Å²) in [6.45, 7) is 11.2. The molecule has 0 aliphatic carbocycles. The number of halogens is 21. The number of aliphatic hydroxyl groups excluding tert-OH is 3. The summed E-state index contributed by atoms with van der Waals surface area (Å²) in [6.07, 6.45) is -20.7. The molecule has 0 saturated heterocycles. The van der Waals surface area contributed by atoms with Crippen molar-refractivity contribution in [2.75, 3.05) is 0 Å². The standard InChI is InChI=1S/3C10H11F7O2.Pr/c3*1-7(2,3)5(18)4-6(19)8(11,12)9(13,14)10(15,16)17;/h3*4,18H,1-3H3;/b3*5-4+;. The first kappa shape index (κ1) is 62.2. The molecule has 0 rings (SSSR count). The molecule has 0 aromatic carbocycles. The second kappa shape index (κ2) is 19.1. The molecule has 0 heterocycles. The Morgan fingerprint density at radius 1 is 0.328 bits per heavy atom. The molecule has 0 aromatic rings. The molecule has 6 nitrogen and oxygen atoms in total. The summed E-state index contributed by atoms with van der Waals surface area (Å²) in [4.78, 5) is 32.5. The van der Waals surface area contributed by atoms with Gasteiger partial charge in [-0.1, -0.05) is 62.3 Å². The Kier molecular flexibility index (Phi) is 20.4. The monoisotopic (exact) mass is 1030 g/mol. The molecule has 0 spiro atoms. The van der Waals surface area contributed by atoms with Crippen LogP contribution in [0.4, 0.5) is 92.2 Å². The Morgan fingerprint density at radius 3 is 0.534 bits per heavy atom. The number of carbonyl (C=O) groups is 3. The maximum Gasteiger partial charge on any atom is 0.460 e. The number of hydrogen-bond donors (Lipinski definition) is 3. The first-order valence-electron chi connectivity index (χ1n) is 14.5. The van der Waals surface area contributed by atoms with Gasteiger partial charge in [-0.25, -0.2) is 0 Å². The zero-order valence-electron chi connectivity index (χ0n) is 30.8. The van der Waals surface area contributed by atoms with E-state index < -0.39 is 105 Å². The molecule has 0 bridgehead atoms. The van der Waals surface area contributed by atoms with E-state index in [9.17, 15) is 107 Å². The second-order valence-corrected chi connectivity index (χ2v) is 14.4. The van der Waals surface area contributed by atoms with E-state index in [0.717, 1.165) is 0 Å². The van der Waals surface area contributed by atoms with Crippen LogP contribution in [0.15, 0.2) is 35.5 Å². The van der Waals surface area contributed by atoms with E-state index in [4.69, 9.17) is 15.3 Å². The average Bonchev–Trinajstić information content (AvgIpc) is 2.93. The molecule has 1 radical (unpaired) electrons. The normalized spacial score (nSPS) is 15.3. The van der Waals surface area contributed by atoms with Gasteiger partial charge in [0.15, 0.2) is 0 Å². The van der Waals surface area contributed by atoms with Crippen LogP contribution in [-0.4, -0.2) is 86.7 Å². The van der Waals surface area contributed by atoms with Gasteiger partial charge in [-0.2, -0.15) is 92.2 Å². The third-order valence-corrected chi connectivity index (χ3v) is 6.29. The predicted molar refractivity (Wildman–Crippen MR) is 153 cm³/mol. The number of alkyl halides is 21. The zero-order chi connectivity index (χ0) is 47.6. The van der Waals surface area contributed by atoms with Gasteiger partial charge in [-0.05, 0) is 0 Å². The van der Waals surface area contributed by atoms with Crippen LogP contribution in [0.3, 0.4) is 0 Å². The van der Waals surface area contributed by atoms with Gasteiger partial charge in [0, 0.05) is 75.8 Å². The maximum absolute atomic E-state index is 12.9. The molecule has 58 heavy (non-hydrogen) atoms. The minimum atomic E-state index is -6.59. The fourth-order valence-electron chi connectivity index (χ4n) is 2.29. The van der Waals surface area contributed by atoms with Gasteiger partial charge in [-0.15, -0.1) is 0 Å². The van der Waals surface area contributed by atoms with Crippen LogP contribution >= 0.6 is 0 Å². The second-order valence-electron chi connectivity index (χ2n) is 14.4. The van der Waals surface area contributed by atoms with Crippen molar-refractivity contribution in [2.24, 2.45) is 16.2 Å². The molecule has 0 aliphatic heterocycles. The first-order valence-corrected chi connectivity index (χ1v) is 14.5. The van der Waals surface area contributed by atoms with Crippen molar-refractivity contribution >= 4 is 17.3 Å². The SMILES string of the molecule is CC(C)(C)/C(O)=C\C(=O)C(F)(F)C(F)(F)C(F)(F)F.CC(C)(C)/C(O)=C\C(=O)C(F)(F)C(F)(F)C(F)(F)F.CC(C)(C)/C(O)=C\C(=O)C(F)(F)C(F)(F)C(F)(F)F.[Pr]. The van der Waals surface area contributed by atoms with Crippen molar-refractivity contribution in [3.8, 4) is 0 Å². The van der Waals surface area contributed by atoms with Crippen LogP contribution in [0.2, 0.25) is 0 Å². The molecule has 339 valence electrons. The number of carbonyl (C=O) groups excluding carboxylic acids is 3. The molecule has 0 fully saturated rings. The van der Waals surface area contributed by atoms with E-state index in [1.165, 1.54) is 62.3 Å². The summed E-state index contributed by atoms with van der Waals surface area (Å²) in [5.41, 5.74) is -3.75. The van der Waals surface area contributed by atoms with Crippen LogP contribution in [0.5, 0.6) is 0 Å². The minimum Gasteiger partial charge on any atom is -0.512 e. The predicted octanol–water partition coefficient (Wildman–Crippen LogP) is 11.6. The van der Waals surface area contributed by atoms with Crippen molar-refractivity contribution in [1.82, 2.24) is 0 Å². The van der Waals surface area contributed by atoms with E-state index in [2.05, 4.69) is 0 Å². The van der Waals surface area contributed by atoms with Gasteiger partial charge in [0.05, 0.1) is 0 Å². The summed E-state index contributed by atoms with van der Waals surface area (Å²) in [5, 5.41) is 27.5. The molecule has 0 aliphatic rings. The number of aliphatic hydroxyl groups is 3. The number of rotatable bonds is 9. The van der Waals surface area contributed by atoms with Crippen molar-refractivity contribution < 1.29 is 163 Å². The molecular formula is C30H33F21O6Pr. The van der Waals surface area contributed by atoms with Gasteiger partial charge in [0.2, 0.25) is 17.3 Å². The molecule has 3 N–H and O–H groups in total. The topological polar surface area (TPSA) is 112 Å². The summed E-state index contributed by atoms with van der Waals surface area (Å²) in [7, 11) is 0. The molecule has 0 atom stereocenters. The van der Waals surface area contributed by atoms with Crippen LogP contribution in [-0.2, 0) is 14.4 Å². The van der Waals surface area contributed by atoms with E-state index in [1.54, 1.807) is 0 Å². The van der Waals surface area contributed by atoms with Crippen LogP contribution < -0.4 is 0 Å². The van der Waals surface area contributed by atoms with Crippen LogP contribution in [0.1, 0.15) is 62.3 Å². The van der Waals surface area contributed by atoms with Crippen LogP contribution in [0.25, 0.3) is 0 Å². The smallest absolute Gasteiger partial charge is 0.460 e. The number of hydrogen-bond acceptors (Lipinski definition) is 6. The summed E-state index contributed by atoms with van der Waals surface area (Å²) in [6, 6.07) is 0. The quantitative estimate of drug-likeness (QED) is 0.121. The summed E-state index contributed by atoms with van der Waals surface area (Å²) < 4.78 is 258. The van der Waals surface area contributed by atoms with Gasteiger partial charge >= 0.3 is 54.1 Å². The third kappa shape index (κ3) is 14.9. The average molecular weight is 1030 g/mol. The number of allylic oxidation sites excluding steroid dienone is 6. The van der Waals surface area contributed by atoms with E-state index in [0.29, 0.717) is 0 Å². The Hall–Kier alpha value is -2.48. The molecule has 0 aromatic heterocycles. The first-order chi connectivity index (χ1) is 24.1. The fourth-order valence-corrected chi connectivity index (χ4v) is 2.29. The number of ketones is 3. The minimum absolute atomic E-state index is 0. The fraction of sp³-hybridized carbons (Fsp3) is 0.700. The summed E-state index contributed by atoms with van der Waals surface area (Å²) in [5.74, 6) is -49.1. The van der Waals surface area contributed by atoms with Crippen molar-refractivity contribution in [3.63, 3.8) is 0 Å². The Bertz CT molecular complexity index is 1350. The van der Waals surface area contributed by atoms with E-state index in [1.807, 2.05) is 0 Å². The Morgan fingerprint density at radius 2 is 0.448 bits per heavy atom. The summed E-state index contributed by atoms with van der Waals surface area (Å²) >= 11 is 0. The third-order valence-electron chi connectivity index (χ3n) is 6.29. The zero-order valence-corrected chi connectivity index (χ0v) is 34.5. The van der Waals surface area contributed by atoms with Crippen molar-refractivity contribution in [3.05, 3.63) is 35.5 Å². The molecule has 0 amide bonds. The van der Waals surface area contributed by atoms with Crippen molar-refractivity contribution in [2.45, 2.75) is 116 Å². The molecule has 28 heteroatoms. The van der Waals surface area contributed by atoms with E-state index >= 15 is 0 Å². The van der Waals surface area contributed by atoms with E-state index in [-0.39, 0.29) is 59.5 Å². The Balaban J connectivity index is -0.000000374. The molecule has 0 unspecified atom stereocenters. The Labute approximate surface area is 347 Å².